The van der Waals surface area contributed by atoms with Crippen LogP contribution in [0.4, 0.5) is 0 Å². The van der Waals surface area contributed by atoms with Crippen molar-refractivity contribution in [2.75, 3.05) is 7.11 Å². The SMILES string of the molecule is COc1ccc(/C(=N\[Si](C)(C)C(C)(C)C)C(Cl)(Cl)C(=O)c2ccccc2)cc1. The summed E-state index contributed by atoms with van der Waals surface area (Å²) >= 11 is 13.5. The van der Waals surface area contributed by atoms with E-state index in [0.29, 0.717) is 22.6 Å². The lowest BCUT2D eigenvalue weighted by Gasteiger charge is -2.35. The minimum Gasteiger partial charge on any atom is -0.497 e. The van der Waals surface area contributed by atoms with Crippen LogP contribution in [0, 0.1) is 0 Å². The van der Waals surface area contributed by atoms with Crippen molar-refractivity contribution in [3.63, 3.8) is 0 Å². The summed E-state index contributed by atoms with van der Waals surface area (Å²) in [6.07, 6.45) is 0. The molecule has 2 rings (SSSR count). The van der Waals surface area contributed by atoms with Crippen molar-refractivity contribution in [2.24, 2.45) is 4.66 Å². The number of ether oxygens (including phenoxy) is 1. The first-order chi connectivity index (χ1) is 12.9. The van der Waals surface area contributed by atoms with E-state index in [4.69, 9.17) is 32.6 Å². The Labute approximate surface area is 178 Å². The van der Waals surface area contributed by atoms with E-state index in [1.807, 2.05) is 30.3 Å². The number of carbonyl (C=O) groups is 1. The van der Waals surface area contributed by atoms with Crippen molar-refractivity contribution in [3.8, 4) is 5.75 Å². The fourth-order valence-electron chi connectivity index (χ4n) is 2.39. The van der Waals surface area contributed by atoms with Crippen LogP contribution in [0.15, 0.2) is 59.3 Å². The molecule has 28 heavy (non-hydrogen) atoms. The average molecular weight is 436 g/mol. The van der Waals surface area contributed by atoms with Crippen LogP contribution in [-0.2, 0) is 0 Å². The van der Waals surface area contributed by atoms with Gasteiger partial charge in [-0.05, 0) is 48.0 Å². The monoisotopic (exact) mass is 435 g/mol. The first-order valence-corrected chi connectivity index (χ1v) is 12.8. The third-order valence-electron chi connectivity index (χ3n) is 5.21. The third kappa shape index (κ3) is 4.86. The molecule has 2 aromatic carbocycles. The predicted octanol–water partition coefficient (Wildman–Crippen LogP) is 6.55. The average Bonchev–Trinajstić information content (AvgIpc) is 2.65. The Bertz CT molecular complexity index is 854. The molecule has 0 saturated carbocycles. The molecule has 0 aromatic heterocycles. The minimum absolute atomic E-state index is 0.0373. The zero-order valence-corrected chi connectivity index (χ0v) is 19.7. The number of benzene rings is 2. The summed E-state index contributed by atoms with van der Waals surface area (Å²) in [5.41, 5.74) is 1.54. The summed E-state index contributed by atoms with van der Waals surface area (Å²) in [5.74, 6) is 0.323. The van der Waals surface area contributed by atoms with Crippen LogP contribution in [0.5, 0.6) is 5.75 Å². The topological polar surface area (TPSA) is 38.7 Å². The minimum atomic E-state index is -2.19. The highest BCUT2D eigenvalue weighted by Crippen LogP contribution is 2.40. The Kier molecular flexibility index (Phi) is 6.80. The van der Waals surface area contributed by atoms with E-state index >= 15 is 0 Å². The number of alkyl halides is 2. The van der Waals surface area contributed by atoms with Gasteiger partial charge >= 0.3 is 0 Å². The molecule has 0 heterocycles. The first-order valence-electron chi connectivity index (χ1n) is 9.12. The highest BCUT2D eigenvalue weighted by Gasteiger charge is 2.44. The number of ketones is 1. The molecule has 0 amide bonds. The number of rotatable bonds is 6. The van der Waals surface area contributed by atoms with E-state index in [0.717, 1.165) is 0 Å². The Morgan fingerprint density at radius 2 is 1.46 bits per heavy atom. The summed E-state index contributed by atoms with van der Waals surface area (Å²) in [6, 6.07) is 16.1. The summed E-state index contributed by atoms with van der Waals surface area (Å²) in [6.45, 7) is 10.7. The summed E-state index contributed by atoms with van der Waals surface area (Å²) < 4.78 is 8.50. The van der Waals surface area contributed by atoms with Gasteiger partial charge in [-0.1, -0.05) is 74.3 Å². The molecule has 3 nitrogen and oxygen atoms in total. The highest BCUT2D eigenvalue weighted by molar-refractivity contribution is 6.81. The van der Waals surface area contributed by atoms with Crippen LogP contribution in [0.25, 0.3) is 0 Å². The second kappa shape index (κ2) is 8.40. The van der Waals surface area contributed by atoms with Crippen LogP contribution < -0.4 is 4.74 Å². The maximum absolute atomic E-state index is 13.2. The van der Waals surface area contributed by atoms with Gasteiger partial charge in [0.05, 0.1) is 12.8 Å². The second-order valence-electron chi connectivity index (χ2n) is 8.27. The molecule has 0 spiro atoms. The fourth-order valence-corrected chi connectivity index (χ4v) is 4.24. The van der Waals surface area contributed by atoms with Gasteiger partial charge < -0.3 is 9.39 Å². The van der Waals surface area contributed by atoms with Crippen molar-refractivity contribution in [1.29, 1.82) is 0 Å². The van der Waals surface area contributed by atoms with E-state index in [-0.39, 0.29) is 10.8 Å². The van der Waals surface area contributed by atoms with E-state index in [1.165, 1.54) is 0 Å². The molecule has 0 radical (unpaired) electrons. The molecule has 0 saturated heterocycles. The van der Waals surface area contributed by atoms with Crippen molar-refractivity contribution < 1.29 is 9.53 Å². The molecular formula is C22H27Cl2NO2Si. The van der Waals surface area contributed by atoms with Gasteiger partial charge in [0.25, 0.3) is 0 Å². The summed E-state index contributed by atoms with van der Waals surface area (Å²) in [5, 5.41) is -0.0373. The van der Waals surface area contributed by atoms with Crippen LogP contribution in [0.2, 0.25) is 18.1 Å². The van der Waals surface area contributed by atoms with Gasteiger partial charge in [0.15, 0.2) is 8.24 Å². The molecule has 0 aliphatic heterocycles. The van der Waals surface area contributed by atoms with Crippen LogP contribution in [0.3, 0.4) is 0 Å². The molecule has 6 heteroatoms. The van der Waals surface area contributed by atoms with Gasteiger partial charge in [0.1, 0.15) is 5.75 Å². The van der Waals surface area contributed by atoms with Crippen molar-refractivity contribution in [2.45, 2.75) is 43.2 Å². The Morgan fingerprint density at radius 1 is 0.929 bits per heavy atom. The third-order valence-corrected chi connectivity index (χ3v) is 10.4. The predicted molar refractivity (Wildman–Crippen MR) is 122 cm³/mol. The summed E-state index contributed by atoms with van der Waals surface area (Å²) in [4.78, 5) is 13.2. The van der Waals surface area contributed by atoms with Crippen LogP contribution >= 0.6 is 23.2 Å². The molecule has 0 fully saturated rings. The number of hydrogen-bond donors (Lipinski definition) is 0. The molecule has 0 atom stereocenters. The molecule has 0 aliphatic rings. The van der Waals surface area contributed by atoms with Gasteiger partial charge in [-0.2, -0.15) is 0 Å². The Hall–Kier alpha value is -1.62. The van der Waals surface area contributed by atoms with E-state index in [9.17, 15) is 4.79 Å². The number of methoxy groups -OCH3 is 1. The molecule has 2 aromatic rings. The second-order valence-corrected chi connectivity index (χ2v) is 14.4. The Morgan fingerprint density at radius 3 is 1.93 bits per heavy atom. The largest absolute Gasteiger partial charge is 0.497 e. The van der Waals surface area contributed by atoms with Gasteiger partial charge in [0, 0.05) is 5.56 Å². The normalized spacial score (nSPS) is 13.4. The molecule has 0 aliphatic carbocycles. The molecular weight excluding hydrogens is 409 g/mol. The quantitative estimate of drug-likeness (QED) is 0.223. The van der Waals surface area contributed by atoms with Crippen molar-refractivity contribution in [1.82, 2.24) is 0 Å². The number of Topliss-reactive ketones (excluding diaryl/α,β-unsaturated/α-hetero) is 1. The van der Waals surface area contributed by atoms with Gasteiger partial charge in [0.2, 0.25) is 10.1 Å². The zero-order valence-electron chi connectivity index (χ0n) is 17.2. The Balaban J connectivity index is 2.64. The maximum atomic E-state index is 13.2. The molecule has 150 valence electrons. The van der Waals surface area contributed by atoms with Gasteiger partial charge in [-0.3, -0.25) is 4.79 Å². The first kappa shape index (κ1) is 22.7. The van der Waals surface area contributed by atoms with Crippen LogP contribution in [-0.4, -0.2) is 31.2 Å². The fraction of sp³-hybridized carbons (Fsp3) is 0.364. The maximum Gasteiger partial charge on any atom is 0.221 e. The van der Waals surface area contributed by atoms with E-state index in [1.54, 1.807) is 31.4 Å². The standard InChI is InChI=1S/C22H27Cl2NO2Si/c1-21(2,3)28(5,6)25-19(16-12-14-18(27-4)15-13-16)22(23,24)20(26)17-10-8-7-9-11-17/h7-15H,1-6H3/b25-19+. The lowest BCUT2D eigenvalue weighted by Crippen LogP contribution is -2.43. The van der Waals surface area contributed by atoms with E-state index in [2.05, 4.69) is 33.9 Å². The molecule has 0 unspecified atom stereocenters. The summed E-state index contributed by atoms with van der Waals surface area (Å²) in [7, 11) is -0.591. The van der Waals surface area contributed by atoms with Crippen molar-refractivity contribution in [3.05, 3.63) is 65.7 Å². The number of hydrogen-bond acceptors (Lipinski definition) is 3. The van der Waals surface area contributed by atoms with E-state index < -0.39 is 12.6 Å². The lowest BCUT2D eigenvalue weighted by atomic mass is 9.99. The molecule has 0 N–H and O–H groups in total. The zero-order chi connectivity index (χ0) is 21.2. The number of carbonyl (C=O) groups excluding carboxylic acids is 1. The van der Waals surface area contributed by atoms with Gasteiger partial charge in [-0.15, -0.1) is 0 Å². The lowest BCUT2D eigenvalue weighted by molar-refractivity contribution is 0.0992. The smallest absolute Gasteiger partial charge is 0.221 e. The molecule has 0 bridgehead atoms. The highest BCUT2D eigenvalue weighted by atomic mass is 35.5. The number of nitrogens with zero attached hydrogens (tertiary/aromatic N) is 1. The van der Waals surface area contributed by atoms with Crippen molar-refractivity contribution >= 4 is 42.9 Å². The van der Waals surface area contributed by atoms with Gasteiger partial charge in [-0.25, -0.2) is 0 Å². The number of halogens is 2. The van der Waals surface area contributed by atoms with Crippen LogP contribution in [0.1, 0.15) is 36.7 Å².